The van der Waals surface area contributed by atoms with Crippen molar-refractivity contribution in [1.82, 2.24) is 25.0 Å². The van der Waals surface area contributed by atoms with Crippen LogP contribution in [0.15, 0.2) is 24.5 Å². The molecule has 1 aliphatic carbocycles. The molecule has 3 saturated heterocycles. The summed E-state index contributed by atoms with van der Waals surface area (Å²) in [6.45, 7) is 2.41. The maximum atomic E-state index is 12.8. The van der Waals surface area contributed by atoms with Crippen LogP contribution in [-0.4, -0.2) is 50.3 Å². The normalized spacial score (nSPS) is 30.2. The Morgan fingerprint density at radius 1 is 1.26 bits per heavy atom. The molecule has 122 valence electrons. The molecule has 4 fully saturated rings. The highest BCUT2D eigenvalue weighted by molar-refractivity contribution is 6.00. The first-order valence-electron chi connectivity index (χ1n) is 8.13. The van der Waals surface area contributed by atoms with Gasteiger partial charge in [0, 0.05) is 11.7 Å². The summed E-state index contributed by atoms with van der Waals surface area (Å²) >= 11 is 0. The van der Waals surface area contributed by atoms with Crippen LogP contribution >= 0.6 is 12.4 Å². The van der Waals surface area contributed by atoms with Gasteiger partial charge in [0.15, 0.2) is 0 Å². The van der Waals surface area contributed by atoms with Crippen LogP contribution in [0.1, 0.15) is 36.0 Å². The van der Waals surface area contributed by atoms with Crippen molar-refractivity contribution in [2.45, 2.75) is 37.3 Å². The molecule has 1 saturated carbocycles. The molecule has 0 aromatic carbocycles. The maximum Gasteiger partial charge on any atom is 0.255 e. The fourth-order valence-corrected chi connectivity index (χ4v) is 4.55. The average molecular weight is 334 g/mol. The van der Waals surface area contributed by atoms with Crippen LogP contribution in [0.2, 0.25) is 0 Å². The summed E-state index contributed by atoms with van der Waals surface area (Å²) in [6.07, 6.45) is 8.18. The monoisotopic (exact) mass is 333 g/mol. The van der Waals surface area contributed by atoms with E-state index in [9.17, 15) is 4.79 Å². The van der Waals surface area contributed by atoms with Crippen molar-refractivity contribution in [1.29, 1.82) is 0 Å². The molecule has 23 heavy (non-hydrogen) atoms. The molecule has 0 unspecified atom stereocenters. The lowest BCUT2D eigenvalue weighted by molar-refractivity contribution is -0.00142. The SMILES string of the molecule is Cl.O=C(N[C@H]1C2CCN(CC2)C12CC2)c1cnn2ncccc12. The van der Waals surface area contributed by atoms with E-state index in [1.54, 1.807) is 12.4 Å². The maximum absolute atomic E-state index is 12.8. The number of hydrogen-bond acceptors (Lipinski definition) is 4. The van der Waals surface area contributed by atoms with E-state index >= 15 is 0 Å². The van der Waals surface area contributed by atoms with Crippen LogP contribution in [0, 0.1) is 5.92 Å². The largest absolute Gasteiger partial charge is 0.347 e. The Kier molecular flexibility index (Phi) is 3.35. The highest BCUT2D eigenvalue weighted by Gasteiger charge is 2.60. The first kappa shape index (κ1) is 14.9. The van der Waals surface area contributed by atoms with Crippen LogP contribution in [-0.2, 0) is 0 Å². The molecule has 2 aromatic heterocycles. The number of halogens is 1. The van der Waals surface area contributed by atoms with Gasteiger partial charge in [-0.1, -0.05) is 0 Å². The van der Waals surface area contributed by atoms with Gasteiger partial charge in [0.1, 0.15) is 5.52 Å². The van der Waals surface area contributed by atoms with Crippen molar-refractivity contribution in [3.63, 3.8) is 0 Å². The number of fused-ring (bicyclic) bond motifs is 3. The molecule has 1 spiro atoms. The lowest BCUT2D eigenvalue weighted by Crippen LogP contribution is -2.65. The molecule has 5 heterocycles. The topological polar surface area (TPSA) is 62.5 Å². The number of carbonyl (C=O) groups is 1. The first-order valence-corrected chi connectivity index (χ1v) is 8.13. The molecule has 7 heteroatoms. The summed E-state index contributed by atoms with van der Waals surface area (Å²) in [5, 5.41) is 11.6. The minimum atomic E-state index is -0.00646. The molecule has 1 N–H and O–H groups in total. The van der Waals surface area contributed by atoms with E-state index in [1.807, 2.05) is 12.1 Å². The molecule has 1 amide bonds. The van der Waals surface area contributed by atoms with Gasteiger partial charge in [-0.15, -0.1) is 12.4 Å². The Morgan fingerprint density at radius 3 is 2.78 bits per heavy atom. The lowest BCUT2D eigenvalue weighted by atomic mass is 9.77. The van der Waals surface area contributed by atoms with Gasteiger partial charge in [-0.2, -0.15) is 14.8 Å². The molecular weight excluding hydrogens is 314 g/mol. The van der Waals surface area contributed by atoms with E-state index in [2.05, 4.69) is 20.4 Å². The van der Waals surface area contributed by atoms with Crippen molar-refractivity contribution in [3.05, 3.63) is 30.1 Å². The van der Waals surface area contributed by atoms with E-state index in [0.29, 0.717) is 17.5 Å². The van der Waals surface area contributed by atoms with E-state index in [-0.39, 0.29) is 23.9 Å². The van der Waals surface area contributed by atoms with Crippen molar-refractivity contribution in [2.75, 3.05) is 13.1 Å². The number of nitrogens with one attached hydrogen (secondary N) is 1. The molecule has 3 aliphatic heterocycles. The van der Waals surface area contributed by atoms with E-state index in [0.717, 1.165) is 5.52 Å². The molecular formula is C16H20ClN5O. The number of nitrogens with zero attached hydrogens (tertiary/aromatic N) is 4. The zero-order chi connectivity index (χ0) is 14.7. The Balaban J connectivity index is 0.00000135. The van der Waals surface area contributed by atoms with Crippen LogP contribution in [0.4, 0.5) is 0 Å². The standard InChI is InChI=1S/C16H19N5O.ClH/c22-15(12-10-18-21-13(12)2-1-7-17-21)19-14-11-3-8-20(9-4-11)16(14)5-6-16;/h1-2,7,10-11,14H,3-6,8-9H2,(H,19,22);1H/t14-;/m0./s1. The fraction of sp³-hybridized carbons (Fsp3) is 0.562. The Labute approximate surface area is 140 Å². The summed E-state index contributed by atoms with van der Waals surface area (Å²) in [6, 6.07) is 4.03. The Bertz CT molecular complexity index is 748. The zero-order valence-corrected chi connectivity index (χ0v) is 13.6. The van der Waals surface area contributed by atoms with Crippen LogP contribution in [0.5, 0.6) is 0 Å². The van der Waals surface area contributed by atoms with Gasteiger partial charge in [-0.3, -0.25) is 9.69 Å². The molecule has 0 radical (unpaired) electrons. The molecule has 6 rings (SSSR count). The fourth-order valence-electron chi connectivity index (χ4n) is 4.55. The van der Waals surface area contributed by atoms with Gasteiger partial charge in [-0.25, -0.2) is 0 Å². The molecule has 1 atom stereocenters. The Morgan fingerprint density at radius 2 is 2.04 bits per heavy atom. The summed E-state index contributed by atoms with van der Waals surface area (Å²) in [7, 11) is 0. The summed E-state index contributed by atoms with van der Waals surface area (Å²) < 4.78 is 1.51. The number of carbonyl (C=O) groups excluding carboxylic acids is 1. The predicted octanol–water partition coefficient (Wildman–Crippen LogP) is 1.51. The molecule has 4 aliphatic rings. The van der Waals surface area contributed by atoms with Crippen molar-refractivity contribution < 1.29 is 4.79 Å². The van der Waals surface area contributed by atoms with Crippen LogP contribution < -0.4 is 5.32 Å². The zero-order valence-electron chi connectivity index (χ0n) is 12.8. The number of amides is 1. The third kappa shape index (κ3) is 2.08. The van der Waals surface area contributed by atoms with Crippen molar-refractivity contribution >= 4 is 23.8 Å². The third-order valence-electron chi connectivity index (χ3n) is 5.82. The van der Waals surface area contributed by atoms with Gasteiger partial charge in [0.2, 0.25) is 0 Å². The second kappa shape index (κ2) is 5.18. The summed E-state index contributed by atoms with van der Waals surface area (Å²) in [4.78, 5) is 15.4. The van der Waals surface area contributed by atoms with E-state index < -0.39 is 0 Å². The quantitative estimate of drug-likeness (QED) is 0.905. The number of piperidine rings is 3. The van der Waals surface area contributed by atoms with Crippen molar-refractivity contribution in [2.24, 2.45) is 5.92 Å². The van der Waals surface area contributed by atoms with Gasteiger partial charge < -0.3 is 5.32 Å². The minimum Gasteiger partial charge on any atom is -0.347 e. The predicted molar refractivity (Wildman–Crippen MR) is 87.8 cm³/mol. The molecule has 2 bridgehead atoms. The highest BCUT2D eigenvalue weighted by atomic mass is 35.5. The van der Waals surface area contributed by atoms with Gasteiger partial charge in [0.05, 0.1) is 17.8 Å². The lowest BCUT2D eigenvalue weighted by Gasteiger charge is -2.52. The van der Waals surface area contributed by atoms with Gasteiger partial charge in [0.25, 0.3) is 5.91 Å². The van der Waals surface area contributed by atoms with E-state index in [4.69, 9.17) is 0 Å². The molecule has 2 aromatic rings. The van der Waals surface area contributed by atoms with Crippen LogP contribution in [0.3, 0.4) is 0 Å². The van der Waals surface area contributed by atoms with Crippen LogP contribution in [0.25, 0.3) is 5.52 Å². The minimum absolute atomic E-state index is 0. The number of rotatable bonds is 2. The smallest absolute Gasteiger partial charge is 0.255 e. The molecule has 6 nitrogen and oxygen atoms in total. The Hall–Kier alpha value is -1.66. The summed E-state index contributed by atoms with van der Waals surface area (Å²) in [5.74, 6) is 0.629. The van der Waals surface area contributed by atoms with Crippen molar-refractivity contribution in [3.8, 4) is 0 Å². The summed E-state index contributed by atoms with van der Waals surface area (Å²) in [5.41, 5.74) is 1.66. The second-order valence-corrected chi connectivity index (χ2v) is 6.84. The second-order valence-electron chi connectivity index (χ2n) is 6.84. The van der Waals surface area contributed by atoms with Gasteiger partial charge >= 0.3 is 0 Å². The first-order chi connectivity index (χ1) is 10.8. The third-order valence-corrected chi connectivity index (χ3v) is 5.82. The highest BCUT2D eigenvalue weighted by Crippen LogP contribution is 2.53. The number of hydrogen-bond donors (Lipinski definition) is 1. The average Bonchev–Trinajstić information content (AvgIpc) is 3.21. The van der Waals surface area contributed by atoms with Gasteiger partial charge in [-0.05, 0) is 56.8 Å². The van der Waals surface area contributed by atoms with E-state index in [1.165, 1.54) is 43.4 Å². The number of aromatic nitrogens is 3.